The van der Waals surface area contributed by atoms with Crippen molar-refractivity contribution in [3.05, 3.63) is 63.1 Å². The Morgan fingerprint density at radius 2 is 1.71 bits per heavy atom. The van der Waals surface area contributed by atoms with E-state index < -0.39 is 16.1 Å². The van der Waals surface area contributed by atoms with Crippen molar-refractivity contribution in [2.45, 2.75) is 52.6 Å². The molecule has 35 heavy (non-hydrogen) atoms. The van der Waals surface area contributed by atoms with Gasteiger partial charge in [0.15, 0.2) is 0 Å². The Morgan fingerprint density at radius 1 is 1.09 bits per heavy atom. The van der Waals surface area contributed by atoms with Crippen LogP contribution in [0, 0.1) is 13.8 Å². The number of nitrogens with one attached hydrogen (secondary N) is 1. The van der Waals surface area contributed by atoms with Crippen LogP contribution in [-0.2, 0) is 26.2 Å². The Kier molecular flexibility index (Phi) is 10.4. The number of nitrogens with zero attached hydrogens (tertiary/aromatic N) is 2. The molecular weight excluding hydrogens is 509 g/mol. The van der Waals surface area contributed by atoms with Gasteiger partial charge in [-0.25, -0.2) is 8.42 Å². The maximum absolute atomic E-state index is 13.4. The Balaban J connectivity index is 2.28. The lowest BCUT2D eigenvalue weighted by atomic mass is 10.1. The maximum atomic E-state index is 13.4. The van der Waals surface area contributed by atoms with E-state index in [2.05, 4.69) is 5.32 Å². The normalized spacial score (nSPS) is 12.2. The average molecular weight is 543 g/mol. The largest absolute Gasteiger partial charge is 0.357 e. The van der Waals surface area contributed by atoms with Crippen molar-refractivity contribution in [1.29, 1.82) is 0 Å². The fourth-order valence-electron chi connectivity index (χ4n) is 3.91. The number of hydrogen-bond acceptors (Lipinski definition) is 4. The molecule has 0 aromatic heterocycles. The lowest BCUT2D eigenvalue weighted by molar-refractivity contribution is -0.141. The topological polar surface area (TPSA) is 86.8 Å². The average Bonchev–Trinajstić information content (AvgIpc) is 2.79. The van der Waals surface area contributed by atoms with Gasteiger partial charge in [0, 0.05) is 42.2 Å². The molecule has 2 aromatic carbocycles. The van der Waals surface area contributed by atoms with Crippen LogP contribution in [0.15, 0.2) is 36.4 Å². The van der Waals surface area contributed by atoms with E-state index in [-0.39, 0.29) is 37.7 Å². The maximum Gasteiger partial charge on any atom is 0.242 e. The molecule has 2 amide bonds. The zero-order chi connectivity index (χ0) is 26.3. The Labute approximate surface area is 218 Å². The molecule has 0 saturated carbocycles. The highest BCUT2D eigenvalue weighted by molar-refractivity contribution is 7.92. The van der Waals surface area contributed by atoms with Gasteiger partial charge >= 0.3 is 0 Å². The summed E-state index contributed by atoms with van der Waals surface area (Å²) in [5.74, 6) is -0.581. The number of amides is 2. The molecule has 0 heterocycles. The number of rotatable bonds is 11. The summed E-state index contributed by atoms with van der Waals surface area (Å²) in [6, 6.07) is 9.97. The molecule has 0 bridgehead atoms. The Bertz CT molecular complexity index is 1150. The summed E-state index contributed by atoms with van der Waals surface area (Å²) in [5.41, 5.74) is 2.92. The molecular formula is C25H33Cl2N3O4S. The SMILES string of the molecule is CC[C@@H](C(=O)NC)N(Cc1c(Cl)cccc1Cl)C(=O)CCCN(c1cc(C)ccc1C)S(C)(=O)=O. The quantitative estimate of drug-likeness (QED) is 0.446. The summed E-state index contributed by atoms with van der Waals surface area (Å²) in [5, 5.41) is 3.41. The minimum Gasteiger partial charge on any atom is -0.357 e. The standard InChI is InChI=1S/C25H33Cl2N3O4S/c1-6-22(25(32)28-4)29(16-19-20(26)9-7-10-21(19)27)24(31)11-8-14-30(35(5,33)34)23-15-17(2)12-13-18(23)3/h7,9-10,12-13,15,22H,6,8,11,14,16H2,1-5H3,(H,28,32)/t22-/m0/s1. The highest BCUT2D eigenvalue weighted by atomic mass is 35.5. The van der Waals surface area contributed by atoms with E-state index in [0.29, 0.717) is 27.7 Å². The molecule has 7 nitrogen and oxygen atoms in total. The van der Waals surface area contributed by atoms with Gasteiger partial charge in [0.1, 0.15) is 6.04 Å². The van der Waals surface area contributed by atoms with Crippen molar-refractivity contribution in [3.63, 3.8) is 0 Å². The number of carbonyl (C=O) groups excluding carboxylic acids is 2. The first kappa shape index (κ1) is 28.9. The Hall–Kier alpha value is -2.29. The molecule has 192 valence electrons. The first-order valence-electron chi connectivity index (χ1n) is 11.4. The number of anilines is 1. The van der Waals surface area contributed by atoms with E-state index in [1.54, 1.807) is 18.2 Å². The molecule has 1 N–H and O–H groups in total. The van der Waals surface area contributed by atoms with Gasteiger partial charge in [-0.05, 0) is 56.0 Å². The first-order valence-corrected chi connectivity index (χ1v) is 14.0. The second kappa shape index (κ2) is 12.6. The van der Waals surface area contributed by atoms with Crippen molar-refractivity contribution in [3.8, 4) is 0 Å². The summed E-state index contributed by atoms with van der Waals surface area (Å²) >= 11 is 12.7. The smallest absolute Gasteiger partial charge is 0.242 e. The highest BCUT2D eigenvalue weighted by Gasteiger charge is 2.29. The van der Waals surface area contributed by atoms with Crippen LogP contribution in [0.2, 0.25) is 10.0 Å². The predicted octanol–water partition coefficient (Wildman–Crippen LogP) is 4.71. The second-order valence-electron chi connectivity index (χ2n) is 8.49. The van der Waals surface area contributed by atoms with Gasteiger partial charge in [-0.2, -0.15) is 0 Å². The molecule has 2 aromatic rings. The molecule has 0 aliphatic heterocycles. The van der Waals surface area contributed by atoms with Gasteiger partial charge in [0.2, 0.25) is 21.8 Å². The van der Waals surface area contributed by atoms with Crippen molar-refractivity contribution >= 4 is 50.7 Å². The Morgan fingerprint density at radius 3 is 2.26 bits per heavy atom. The molecule has 0 saturated heterocycles. The zero-order valence-electron chi connectivity index (χ0n) is 20.8. The molecule has 0 radical (unpaired) electrons. The van der Waals surface area contributed by atoms with Gasteiger partial charge in [0.25, 0.3) is 0 Å². The third-order valence-electron chi connectivity index (χ3n) is 5.81. The lowest BCUT2D eigenvalue weighted by Crippen LogP contribution is -2.48. The fraction of sp³-hybridized carbons (Fsp3) is 0.440. The van der Waals surface area contributed by atoms with E-state index in [1.807, 2.05) is 39.0 Å². The summed E-state index contributed by atoms with van der Waals surface area (Å²) < 4.78 is 26.4. The van der Waals surface area contributed by atoms with E-state index in [9.17, 15) is 18.0 Å². The van der Waals surface area contributed by atoms with Crippen molar-refractivity contribution in [2.24, 2.45) is 0 Å². The molecule has 10 heteroatoms. The number of sulfonamides is 1. The van der Waals surface area contributed by atoms with E-state index in [0.717, 1.165) is 17.4 Å². The van der Waals surface area contributed by atoms with Crippen LogP contribution in [0.25, 0.3) is 0 Å². The third kappa shape index (κ3) is 7.59. The van der Waals surface area contributed by atoms with Gasteiger partial charge in [0.05, 0.1) is 11.9 Å². The number of halogens is 2. The highest BCUT2D eigenvalue weighted by Crippen LogP contribution is 2.28. The fourth-order valence-corrected chi connectivity index (χ4v) is 5.44. The van der Waals surface area contributed by atoms with Gasteiger partial charge in [-0.3, -0.25) is 13.9 Å². The molecule has 2 rings (SSSR count). The van der Waals surface area contributed by atoms with Gasteiger partial charge < -0.3 is 10.2 Å². The third-order valence-corrected chi connectivity index (χ3v) is 7.70. The number of likely N-dealkylation sites (N-methyl/N-ethyl adjacent to an activating group) is 1. The number of aryl methyl sites for hydroxylation is 2. The molecule has 0 aliphatic carbocycles. The monoisotopic (exact) mass is 541 g/mol. The van der Waals surface area contributed by atoms with Crippen molar-refractivity contribution < 1.29 is 18.0 Å². The van der Waals surface area contributed by atoms with Crippen LogP contribution in [0.1, 0.15) is 42.9 Å². The lowest BCUT2D eigenvalue weighted by Gasteiger charge is -2.31. The molecule has 0 fully saturated rings. The number of carbonyl (C=O) groups is 2. The molecule has 0 aliphatic rings. The van der Waals surface area contributed by atoms with Crippen LogP contribution in [0.4, 0.5) is 5.69 Å². The van der Waals surface area contributed by atoms with E-state index in [1.165, 1.54) is 16.3 Å². The van der Waals surface area contributed by atoms with Gasteiger partial charge in [-0.1, -0.05) is 48.3 Å². The molecule has 1 atom stereocenters. The summed E-state index contributed by atoms with van der Waals surface area (Å²) in [6.07, 6.45) is 1.87. The predicted molar refractivity (Wildman–Crippen MR) is 142 cm³/mol. The number of benzene rings is 2. The minimum atomic E-state index is -3.56. The molecule has 0 spiro atoms. The first-order chi connectivity index (χ1) is 16.4. The summed E-state index contributed by atoms with van der Waals surface area (Å²) in [7, 11) is -2.05. The van der Waals surface area contributed by atoms with Crippen molar-refractivity contribution in [1.82, 2.24) is 10.2 Å². The summed E-state index contributed by atoms with van der Waals surface area (Å²) in [4.78, 5) is 27.4. The minimum absolute atomic E-state index is 0.0481. The van der Waals surface area contributed by atoms with Crippen LogP contribution in [-0.4, -0.2) is 51.0 Å². The van der Waals surface area contributed by atoms with E-state index in [4.69, 9.17) is 23.2 Å². The van der Waals surface area contributed by atoms with Crippen LogP contribution in [0.5, 0.6) is 0 Å². The number of hydrogen-bond donors (Lipinski definition) is 1. The van der Waals surface area contributed by atoms with Gasteiger partial charge in [-0.15, -0.1) is 0 Å². The van der Waals surface area contributed by atoms with E-state index >= 15 is 0 Å². The van der Waals surface area contributed by atoms with Crippen LogP contribution < -0.4 is 9.62 Å². The summed E-state index contributed by atoms with van der Waals surface area (Å²) in [6.45, 7) is 5.76. The van der Waals surface area contributed by atoms with Crippen molar-refractivity contribution in [2.75, 3.05) is 24.2 Å². The zero-order valence-corrected chi connectivity index (χ0v) is 23.1. The second-order valence-corrected chi connectivity index (χ2v) is 11.2. The molecule has 0 unspecified atom stereocenters. The van der Waals surface area contributed by atoms with Crippen LogP contribution in [0.3, 0.4) is 0 Å². The van der Waals surface area contributed by atoms with Crippen LogP contribution >= 0.6 is 23.2 Å².